The number of nitrogens with zero attached hydrogens (tertiary/aromatic N) is 3. The number of nitrogens with one attached hydrogen (secondary N) is 1. The van der Waals surface area contributed by atoms with Crippen LogP contribution < -0.4 is 15.7 Å². The van der Waals surface area contributed by atoms with Crippen LogP contribution in [-0.4, -0.2) is 41.5 Å². The molecule has 4 aromatic rings. The molecule has 0 bridgehead atoms. The molecule has 0 saturated carbocycles. The van der Waals surface area contributed by atoms with Gasteiger partial charge in [-0.1, -0.05) is 18.2 Å². The summed E-state index contributed by atoms with van der Waals surface area (Å²) >= 11 is 0. The number of pyridine rings is 1. The minimum Gasteiger partial charge on any atom is -0.497 e. The van der Waals surface area contributed by atoms with Crippen molar-refractivity contribution in [2.75, 3.05) is 13.7 Å². The van der Waals surface area contributed by atoms with Crippen LogP contribution in [0.5, 0.6) is 5.75 Å². The fourth-order valence-corrected chi connectivity index (χ4v) is 4.90. The van der Waals surface area contributed by atoms with E-state index in [9.17, 15) is 18.0 Å². The lowest BCUT2D eigenvalue weighted by atomic mass is 10.3. The quantitative estimate of drug-likeness (QED) is 0.424. The summed E-state index contributed by atoms with van der Waals surface area (Å²) in [7, 11) is -2.73. The summed E-state index contributed by atoms with van der Waals surface area (Å²) in [6, 6.07) is 17.7. The molecule has 2 aromatic carbocycles. The zero-order valence-electron chi connectivity index (χ0n) is 17.8. The molecular formula is C23H22N4O5S. The van der Waals surface area contributed by atoms with Crippen molar-refractivity contribution in [3.63, 3.8) is 0 Å². The molecule has 1 N–H and O–H groups in total. The van der Waals surface area contributed by atoms with Crippen molar-refractivity contribution >= 4 is 27.0 Å². The maximum Gasteiger partial charge on any atom is 0.343 e. The lowest BCUT2D eigenvalue weighted by Gasteiger charge is -2.07. The normalized spacial score (nSPS) is 11.4. The number of ether oxygens (including phenoxy) is 1. The Morgan fingerprint density at radius 2 is 1.70 bits per heavy atom. The Balaban J connectivity index is 1.63. The number of methoxy groups -OCH3 is 1. The number of fused-ring (bicyclic) bond motifs is 1. The molecule has 0 aliphatic heterocycles. The van der Waals surface area contributed by atoms with E-state index >= 15 is 0 Å². The minimum atomic E-state index is -4.20. The van der Waals surface area contributed by atoms with E-state index in [0.717, 1.165) is 14.2 Å². The third kappa shape index (κ3) is 4.51. The zero-order valence-corrected chi connectivity index (χ0v) is 18.7. The van der Waals surface area contributed by atoms with E-state index in [1.165, 1.54) is 37.4 Å². The lowest BCUT2D eigenvalue weighted by molar-refractivity contribution is -0.121. The van der Waals surface area contributed by atoms with Crippen molar-refractivity contribution in [1.29, 1.82) is 0 Å². The number of benzene rings is 2. The van der Waals surface area contributed by atoms with Gasteiger partial charge in [-0.3, -0.25) is 14.3 Å². The molecule has 10 heteroatoms. The molecule has 4 rings (SSSR count). The molecule has 0 aliphatic carbocycles. The van der Waals surface area contributed by atoms with Crippen molar-refractivity contribution in [2.45, 2.75) is 17.9 Å². The van der Waals surface area contributed by atoms with Crippen molar-refractivity contribution < 1.29 is 17.9 Å². The summed E-state index contributed by atoms with van der Waals surface area (Å²) in [6.45, 7) is 0.0279. The number of para-hydroxylation sites is 2. The predicted octanol–water partition coefficient (Wildman–Crippen LogP) is 1.80. The second kappa shape index (κ2) is 9.29. The molecule has 170 valence electrons. The van der Waals surface area contributed by atoms with Gasteiger partial charge in [-0.05, 0) is 48.5 Å². The smallest absolute Gasteiger partial charge is 0.343 e. The van der Waals surface area contributed by atoms with Crippen LogP contribution in [0.1, 0.15) is 5.69 Å². The second-order valence-electron chi connectivity index (χ2n) is 7.22. The van der Waals surface area contributed by atoms with Crippen LogP contribution in [0.15, 0.2) is 82.6 Å². The van der Waals surface area contributed by atoms with E-state index in [1.54, 1.807) is 24.4 Å². The van der Waals surface area contributed by atoms with Gasteiger partial charge in [-0.25, -0.2) is 13.2 Å². The number of rotatable bonds is 8. The van der Waals surface area contributed by atoms with Gasteiger partial charge in [-0.15, -0.1) is 0 Å². The molecule has 0 fully saturated rings. The molecule has 0 aliphatic rings. The van der Waals surface area contributed by atoms with E-state index in [2.05, 4.69) is 10.3 Å². The van der Waals surface area contributed by atoms with Gasteiger partial charge in [-0.2, -0.15) is 3.97 Å². The van der Waals surface area contributed by atoms with E-state index in [0.29, 0.717) is 24.2 Å². The lowest BCUT2D eigenvalue weighted by Crippen LogP contribution is -2.35. The molecule has 0 radical (unpaired) electrons. The number of carbonyl (C=O) groups excluding carboxylic acids is 1. The highest BCUT2D eigenvalue weighted by atomic mass is 32.2. The number of hydrogen-bond acceptors (Lipinski definition) is 6. The Morgan fingerprint density at radius 1 is 1.00 bits per heavy atom. The Bertz CT molecular complexity index is 1440. The van der Waals surface area contributed by atoms with Crippen LogP contribution in [0.25, 0.3) is 11.0 Å². The van der Waals surface area contributed by atoms with E-state index in [1.807, 2.05) is 18.2 Å². The van der Waals surface area contributed by atoms with Crippen molar-refractivity contribution in [3.8, 4) is 5.75 Å². The fraction of sp³-hybridized carbons (Fsp3) is 0.174. The fourth-order valence-electron chi connectivity index (χ4n) is 3.49. The first kappa shape index (κ1) is 22.3. The molecule has 2 aromatic heterocycles. The Morgan fingerprint density at radius 3 is 2.36 bits per heavy atom. The summed E-state index contributed by atoms with van der Waals surface area (Å²) in [5.41, 5.74) is 0.558. The summed E-state index contributed by atoms with van der Waals surface area (Å²) < 4.78 is 33.6. The predicted molar refractivity (Wildman–Crippen MR) is 123 cm³/mol. The first-order chi connectivity index (χ1) is 15.9. The highest BCUT2D eigenvalue weighted by Gasteiger charge is 2.26. The molecule has 2 heterocycles. The van der Waals surface area contributed by atoms with Crippen LogP contribution in [-0.2, 0) is 27.8 Å². The van der Waals surface area contributed by atoms with Gasteiger partial charge >= 0.3 is 5.69 Å². The van der Waals surface area contributed by atoms with Gasteiger partial charge in [0.2, 0.25) is 5.91 Å². The molecule has 9 nitrogen and oxygen atoms in total. The molecule has 0 saturated heterocycles. The molecule has 1 amide bonds. The summed E-state index contributed by atoms with van der Waals surface area (Å²) in [5, 5.41) is 2.75. The Kier molecular flexibility index (Phi) is 6.27. The van der Waals surface area contributed by atoms with Gasteiger partial charge in [0, 0.05) is 24.9 Å². The molecule has 33 heavy (non-hydrogen) atoms. The van der Waals surface area contributed by atoms with Gasteiger partial charge in [0.15, 0.2) is 0 Å². The summed E-state index contributed by atoms with van der Waals surface area (Å²) in [6.07, 6.45) is 2.21. The molecule has 0 spiro atoms. The number of imidazole rings is 1. The van der Waals surface area contributed by atoms with Crippen molar-refractivity contribution in [2.24, 2.45) is 0 Å². The maximum atomic E-state index is 13.3. The minimum absolute atomic E-state index is 0.0619. The third-order valence-electron chi connectivity index (χ3n) is 5.12. The van der Waals surface area contributed by atoms with E-state index < -0.39 is 21.6 Å². The number of hydrogen-bond donors (Lipinski definition) is 1. The maximum absolute atomic E-state index is 13.3. The summed E-state index contributed by atoms with van der Waals surface area (Å²) in [5.74, 6) is 0.0869. The second-order valence-corrected chi connectivity index (χ2v) is 9.01. The molecule has 0 atom stereocenters. The number of carbonyl (C=O) groups is 1. The number of aromatic nitrogens is 3. The van der Waals surface area contributed by atoms with Gasteiger partial charge in [0.05, 0.1) is 23.0 Å². The summed E-state index contributed by atoms with van der Waals surface area (Å²) in [4.78, 5) is 29.9. The van der Waals surface area contributed by atoms with Crippen LogP contribution in [0, 0.1) is 0 Å². The first-order valence-electron chi connectivity index (χ1n) is 10.2. The van der Waals surface area contributed by atoms with Gasteiger partial charge < -0.3 is 10.1 Å². The average molecular weight is 467 g/mol. The number of amides is 1. The average Bonchev–Trinajstić information content (AvgIpc) is 3.11. The third-order valence-corrected chi connectivity index (χ3v) is 6.83. The van der Waals surface area contributed by atoms with Crippen LogP contribution >= 0.6 is 0 Å². The Hall–Kier alpha value is -3.92. The Labute approximate surface area is 190 Å². The van der Waals surface area contributed by atoms with Crippen LogP contribution in [0.4, 0.5) is 0 Å². The first-order valence-corrected chi connectivity index (χ1v) is 11.6. The van der Waals surface area contributed by atoms with Crippen molar-refractivity contribution in [3.05, 3.63) is 89.1 Å². The topological polar surface area (TPSA) is 112 Å². The highest BCUT2D eigenvalue weighted by Crippen LogP contribution is 2.21. The van der Waals surface area contributed by atoms with E-state index in [-0.39, 0.29) is 17.0 Å². The highest BCUT2D eigenvalue weighted by molar-refractivity contribution is 7.90. The van der Waals surface area contributed by atoms with E-state index in [4.69, 9.17) is 4.74 Å². The van der Waals surface area contributed by atoms with Gasteiger partial charge in [0.25, 0.3) is 10.0 Å². The molecular weight excluding hydrogens is 444 g/mol. The molecule has 0 unspecified atom stereocenters. The SMILES string of the molecule is COc1ccc(S(=O)(=O)n2c(=O)n(CC(=O)NCCc3ccccn3)c3ccccc32)cc1. The van der Waals surface area contributed by atoms with Crippen molar-refractivity contribution in [1.82, 2.24) is 18.8 Å². The monoisotopic (exact) mass is 466 g/mol. The standard InChI is InChI=1S/C23H22N4O5S/c1-32-18-9-11-19(12-10-18)33(30,31)27-21-8-3-2-7-20(21)26(23(27)29)16-22(28)25-15-13-17-6-4-5-14-24-17/h2-12,14H,13,15-16H2,1H3,(H,25,28). The van der Waals surface area contributed by atoms with Gasteiger partial charge in [0.1, 0.15) is 12.3 Å². The largest absolute Gasteiger partial charge is 0.497 e. The van der Waals surface area contributed by atoms with Crippen LogP contribution in [0.3, 0.4) is 0 Å². The van der Waals surface area contributed by atoms with Crippen LogP contribution in [0.2, 0.25) is 0 Å². The zero-order chi connectivity index (χ0) is 23.4.